The van der Waals surface area contributed by atoms with Crippen LogP contribution in [0.1, 0.15) is 7.43 Å². The Labute approximate surface area is 81.7 Å². The lowest BCUT2D eigenvalue weighted by atomic mass is 10.3. The molecule has 13 heavy (non-hydrogen) atoms. The number of fused-ring (bicyclic) bond motifs is 1. The zero-order valence-corrected chi connectivity index (χ0v) is 7.22. The largest absolute Gasteiger partial charge is 0.494 e. The Kier molecular flexibility index (Phi) is 2.78. The molecule has 0 fully saturated rings. The van der Waals surface area contributed by atoms with Crippen molar-refractivity contribution in [2.75, 3.05) is 7.11 Å². The highest BCUT2D eigenvalue weighted by molar-refractivity contribution is 6.34. The van der Waals surface area contributed by atoms with Crippen LogP contribution in [0.25, 0.3) is 10.9 Å². The SMILES string of the molecule is C.COc1cnc(Cl)c2[nH]ccc12. The number of hydrogen-bond donors (Lipinski definition) is 1. The molecule has 0 radical (unpaired) electrons. The van der Waals surface area contributed by atoms with E-state index in [1.54, 1.807) is 19.5 Å². The molecular weight excluding hydrogens is 188 g/mol. The molecule has 2 heterocycles. The molecule has 0 saturated heterocycles. The van der Waals surface area contributed by atoms with Gasteiger partial charge < -0.3 is 9.72 Å². The van der Waals surface area contributed by atoms with Crippen molar-refractivity contribution in [1.82, 2.24) is 9.97 Å². The maximum Gasteiger partial charge on any atom is 0.153 e. The van der Waals surface area contributed by atoms with Gasteiger partial charge in [0.05, 0.1) is 18.8 Å². The van der Waals surface area contributed by atoms with Gasteiger partial charge in [0.2, 0.25) is 0 Å². The topological polar surface area (TPSA) is 37.9 Å². The number of rotatable bonds is 1. The van der Waals surface area contributed by atoms with E-state index in [1.807, 2.05) is 6.07 Å². The number of hydrogen-bond acceptors (Lipinski definition) is 2. The van der Waals surface area contributed by atoms with Crippen molar-refractivity contribution in [3.63, 3.8) is 0 Å². The standard InChI is InChI=1S/C8H7ClN2O.CH4/c1-12-6-4-11-8(9)7-5(6)2-3-10-7;/h2-4,10H,1H3;1H4. The number of ether oxygens (including phenoxy) is 1. The third kappa shape index (κ3) is 1.47. The molecule has 0 spiro atoms. The van der Waals surface area contributed by atoms with E-state index < -0.39 is 0 Å². The summed E-state index contributed by atoms with van der Waals surface area (Å²) in [6.07, 6.45) is 3.42. The summed E-state index contributed by atoms with van der Waals surface area (Å²) in [6.45, 7) is 0. The number of aromatic nitrogens is 2. The molecule has 3 nitrogen and oxygen atoms in total. The summed E-state index contributed by atoms with van der Waals surface area (Å²) in [5.41, 5.74) is 0.816. The molecule has 0 unspecified atom stereocenters. The van der Waals surface area contributed by atoms with Gasteiger partial charge in [-0.2, -0.15) is 0 Å². The van der Waals surface area contributed by atoms with E-state index in [4.69, 9.17) is 16.3 Å². The van der Waals surface area contributed by atoms with Crippen molar-refractivity contribution < 1.29 is 4.74 Å². The zero-order valence-electron chi connectivity index (χ0n) is 6.47. The molecule has 0 bridgehead atoms. The van der Waals surface area contributed by atoms with Crippen molar-refractivity contribution in [2.24, 2.45) is 0 Å². The van der Waals surface area contributed by atoms with E-state index in [1.165, 1.54) is 0 Å². The van der Waals surface area contributed by atoms with Gasteiger partial charge in [-0.15, -0.1) is 0 Å². The summed E-state index contributed by atoms with van der Waals surface area (Å²) in [5, 5.41) is 1.42. The predicted molar refractivity (Wildman–Crippen MR) is 54.4 cm³/mol. The number of nitrogens with zero attached hydrogens (tertiary/aromatic N) is 1. The summed E-state index contributed by atoms with van der Waals surface area (Å²) in [7, 11) is 1.61. The number of nitrogens with one attached hydrogen (secondary N) is 1. The zero-order chi connectivity index (χ0) is 8.55. The summed E-state index contributed by atoms with van der Waals surface area (Å²) >= 11 is 5.83. The first-order chi connectivity index (χ1) is 5.83. The highest BCUT2D eigenvalue weighted by Crippen LogP contribution is 2.27. The van der Waals surface area contributed by atoms with Crippen LogP contribution >= 0.6 is 11.6 Å². The normalized spacial score (nSPS) is 9.69. The monoisotopic (exact) mass is 198 g/mol. The summed E-state index contributed by atoms with van der Waals surface area (Å²) in [5.74, 6) is 0.732. The summed E-state index contributed by atoms with van der Waals surface area (Å²) in [6, 6.07) is 1.90. The third-order valence-corrected chi connectivity index (χ3v) is 2.02. The number of aromatic amines is 1. The van der Waals surface area contributed by atoms with Gasteiger partial charge in [-0.1, -0.05) is 19.0 Å². The number of halogens is 1. The Bertz CT molecular complexity index is 411. The van der Waals surface area contributed by atoms with Gasteiger partial charge in [0.25, 0.3) is 0 Å². The molecule has 0 aliphatic heterocycles. The fraction of sp³-hybridized carbons (Fsp3) is 0.222. The lowest BCUT2D eigenvalue weighted by Crippen LogP contribution is -1.85. The smallest absolute Gasteiger partial charge is 0.153 e. The van der Waals surface area contributed by atoms with Crippen LogP contribution in [0.15, 0.2) is 18.5 Å². The Morgan fingerprint density at radius 2 is 2.31 bits per heavy atom. The Morgan fingerprint density at radius 1 is 1.54 bits per heavy atom. The average Bonchev–Trinajstić information content (AvgIpc) is 2.54. The van der Waals surface area contributed by atoms with Crippen LogP contribution in [-0.4, -0.2) is 17.1 Å². The molecule has 0 aliphatic carbocycles. The van der Waals surface area contributed by atoms with E-state index in [0.717, 1.165) is 16.7 Å². The van der Waals surface area contributed by atoms with Crippen LogP contribution < -0.4 is 4.74 Å². The second-order valence-electron chi connectivity index (χ2n) is 2.38. The number of pyridine rings is 1. The van der Waals surface area contributed by atoms with Crippen LogP contribution in [-0.2, 0) is 0 Å². The first-order valence-electron chi connectivity index (χ1n) is 3.48. The van der Waals surface area contributed by atoms with Crippen molar-refractivity contribution >= 4 is 22.5 Å². The van der Waals surface area contributed by atoms with Crippen molar-refractivity contribution in [2.45, 2.75) is 7.43 Å². The van der Waals surface area contributed by atoms with Crippen LogP contribution in [0.4, 0.5) is 0 Å². The Balaban J connectivity index is 0.000000845. The summed E-state index contributed by atoms with van der Waals surface area (Å²) < 4.78 is 5.10. The molecule has 0 aliphatic rings. The van der Waals surface area contributed by atoms with Crippen LogP contribution in [0, 0.1) is 0 Å². The van der Waals surface area contributed by atoms with E-state index in [0.29, 0.717) is 5.15 Å². The number of H-pyrrole nitrogens is 1. The molecule has 70 valence electrons. The van der Waals surface area contributed by atoms with Crippen molar-refractivity contribution in [3.05, 3.63) is 23.6 Å². The quantitative estimate of drug-likeness (QED) is 0.716. The molecule has 2 rings (SSSR count). The Morgan fingerprint density at radius 3 is 3.00 bits per heavy atom. The molecule has 1 N–H and O–H groups in total. The van der Waals surface area contributed by atoms with Gasteiger partial charge >= 0.3 is 0 Å². The van der Waals surface area contributed by atoms with E-state index in [9.17, 15) is 0 Å². The molecular formula is C9H11ClN2O. The minimum Gasteiger partial charge on any atom is -0.494 e. The first kappa shape index (κ1) is 9.86. The third-order valence-electron chi connectivity index (χ3n) is 1.73. The van der Waals surface area contributed by atoms with Gasteiger partial charge in [0.15, 0.2) is 5.15 Å². The second-order valence-corrected chi connectivity index (χ2v) is 2.74. The highest BCUT2D eigenvalue weighted by atomic mass is 35.5. The molecule has 2 aromatic heterocycles. The first-order valence-corrected chi connectivity index (χ1v) is 3.86. The van der Waals surface area contributed by atoms with E-state index in [-0.39, 0.29) is 7.43 Å². The Hall–Kier alpha value is -1.22. The van der Waals surface area contributed by atoms with Crippen molar-refractivity contribution in [3.8, 4) is 5.75 Å². The van der Waals surface area contributed by atoms with Gasteiger partial charge in [-0.05, 0) is 6.07 Å². The average molecular weight is 199 g/mol. The van der Waals surface area contributed by atoms with Gasteiger partial charge in [-0.25, -0.2) is 4.98 Å². The molecule has 2 aromatic rings. The predicted octanol–water partition coefficient (Wildman–Crippen LogP) is 2.86. The lowest BCUT2D eigenvalue weighted by Gasteiger charge is -2.00. The molecule has 0 atom stereocenters. The number of methoxy groups -OCH3 is 1. The second kappa shape index (κ2) is 3.66. The molecule has 0 amide bonds. The summed E-state index contributed by atoms with van der Waals surface area (Å²) in [4.78, 5) is 6.95. The van der Waals surface area contributed by atoms with E-state index in [2.05, 4.69) is 9.97 Å². The molecule has 4 heteroatoms. The van der Waals surface area contributed by atoms with Crippen LogP contribution in [0.3, 0.4) is 0 Å². The van der Waals surface area contributed by atoms with Gasteiger partial charge in [-0.3, -0.25) is 0 Å². The van der Waals surface area contributed by atoms with Gasteiger partial charge in [0, 0.05) is 11.6 Å². The fourth-order valence-corrected chi connectivity index (χ4v) is 1.36. The minimum absolute atomic E-state index is 0. The maximum atomic E-state index is 5.83. The fourth-order valence-electron chi connectivity index (χ4n) is 1.16. The van der Waals surface area contributed by atoms with Crippen LogP contribution in [0.2, 0.25) is 5.15 Å². The molecule has 0 aromatic carbocycles. The maximum absolute atomic E-state index is 5.83. The van der Waals surface area contributed by atoms with E-state index >= 15 is 0 Å². The molecule has 0 saturated carbocycles. The minimum atomic E-state index is 0. The lowest BCUT2D eigenvalue weighted by molar-refractivity contribution is 0.418. The highest BCUT2D eigenvalue weighted by Gasteiger charge is 2.05. The van der Waals surface area contributed by atoms with Crippen LogP contribution in [0.5, 0.6) is 5.75 Å². The van der Waals surface area contributed by atoms with Gasteiger partial charge in [0.1, 0.15) is 5.75 Å². The van der Waals surface area contributed by atoms with Crippen molar-refractivity contribution in [1.29, 1.82) is 0 Å².